The van der Waals surface area contributed by atoms with E-state index in [9.17, 15) is 14.9 Å². The number of nitro benzene ring substituents is 1. The number of piperidine rings is 1. The van der Waals surface area contributed by atoms with E-state index in [2.05, 4.69) is 12.2 Å². The number of anilines is 1. The number of amides is 1. The van der Waals surface area contributed by atoms with Crippen molar-refractivity contribution in [1.82, 2.24) is 4.90 Å². The molecule has 1 aromatic carbocycles. The third kappa shape index (κ3) is 3.51. The monoisotopic (exact) mass is 291 g/mol. The van der Waals surface area contributed by atoms with Crippen molar-refractivity contribution in [2.45, 2.75) is 26.7 Å². The van der Waals surface area contributed by atoms with E-state index in [1.165, 1.54) is 6.07 Å². The summed E-state index contributed by atoms with van der Waals surface area (Å²) in [6.07, 6.45) is 2.12. The molecule has 2 rings (SSSR count). The highest BCUT2D eigenvalue weighted by molar-refractivity contribution is 5.95. The molecule has 1 N–H and O–H groups in total. The first-order valence-corrected chi connectivity index (χ1v) is 7.34. The Kier molecular flexibility index (Phi) is 4.77. The van der Waals surface area contributed by atoms with E-state index in [0.717, 1.165) is 25.9 Å². The van der Waals surface area contributed by atoms with Crippen LogP contribution >= 0.6 is 0 Å². The highest BCUT2D eigenvalue weighted by Gasteiger charge is 2.24. The maximum atomic E-state index is 12.5. The number of nitrogens with zero attached hydrogens (tertiary/aromatic N) is 2. The van der Waals surface area contributed by atoms with Crippen LogP contribution in [0, 0.1) is 16.0 Å². The van der Waals surface area contributed by atoms with Gasteiger partial charge in [0.05, 0.1) is 4.92 Å². The van der Waals surface area contributed by atoms with Crippen LogP contribution in [0.5, 0.6) is 0 Å². The lowest BCUT2D eigenvalue weighted by molar-refractivity contribution is -0.384. The third-order valence-corrected chi connectivity index (χ3v) is 3.75. The number of nitrogens with one attached hydrogen (secondary N) is 1. The van der Waals surface area contributed by atoms with Crippen molar-refractivity contribution in [2.24, 2.45) is 5.92 Å². The van der Waals surface area contributed by atoms with Crippen molar-refractivity contribution in [3.63, 3.8) is 0 Å². The van der Waals surface area contributed by atoms with Gasteiger partial charge in [-0.3, -0.25) is 14.9 Å². The van der Waals surface area contributed by atoms with Gasteiger partial charge in [-0.25, -0.2) is 0 Å². The number of nitro groups is 1. The van der Waals surface area contributed by atoms with Crippen molar-refractivity contribution in [3.05, 3.63) is 33.9 Å². The maximum absolute atomic E-state index is 12.5. The lowest BCUT2D eigenvalue weighted by atomic mass is 9.99. The van der Waals surface area contributed by atoms with Gasteiger partial charge in [-0.15, -0.1) is 0 Å². The fourth-order valence-electron chi connectivity index (χ4n) is 2.71. The lowest BCUT2D eigenvalue weighted by Gasteiger charge is -2.31. The SMILES string of the molecule is CCNc1ccc(C(=O)N2CCCC(C)C2)cc1[N+](=O)[O-]. The molecule has 1 atom stereocenters. The molecule has 1 heterocycles. The molecule has 1 aliphatic rings. The minimum Gasteiger partial charge on any atom is -0.380 e. The molecule has 1 amide bonds. The van der Waals surface area contributed by atoms with Crippen LogP contribution in [0.25, 0.3) is 0 Å². The summed E-state index contributed by atoms with van der Waals surface area (Å²) in [4.78, 5) is 25.0. The van der Waals surface area contributed by atoms with E-state index in [1.807, 2.05) is 6.92 Å². The molecule has 6 nitrogen and oxygen atoms in total. The molecule has 0 aliphatic carbocycles. The van der Waals surface area contributed by atoms with Crippen molar-refractivity contribution in [2.75, 3.05) is 25.0 Å². The van der Waals surface area contributed by atoms with Gasteiger partial charge in [0.2, 0.25) is 0 Å². The lowest BCUT2D eigenvalue weighted by Crippen LogP contribution is -2.39. The van der Waals surface area contributed by atoms with E-state index < -0.39 is 4.92 Å². The normalized spacial score (nSPS) is 18.4. The van der Waals surface area contributed by atoms with Gasteiger partial charge in [-0.05, 0) is 37.8 Å². The Morgan fingerprint density at radius 1 is 1.52 bits per heavy atom. The first-order chi connectivity index (χ1) is 10.0. The van der Waals surface area contributed by atoms with Crippen LogP contribution in [0.1, 0.15) is 37.0 Å². The van der Waals surface area contributed by atoms with E-state index in [0.29, 0.717) is 23.7 Å². The highest BCUT2D eigenvalue weighted by atomic mass is 16.6. The predicted molar refractivity (Wildman–Crippen MR) is 81.6 cm³/mol. The standard InChI is InChI=1S/C15H21N3O3/c1-3-16-13-7-6-12(9-14(13)18(20)21)15(19)17-8-4-5-11(2)10-17/h6-7,9,11,16H,3-5,8,10H2,1-2H3. The minimum absolute atomic E-state index is 0.0484. The summed E-state index contributed by atoms with van der Waals surface area (Å²) in [6, 6.07) is 4.65. The zero-order valence-electron chi connectivity index (χ0n) is 12.5. The van der Waals surface area contributed by atoms with Gasteiger partial charge in [0.15, 0.2) is 0 Å². The van der Waals surface area contributed by atoms with Gasteiger partial charge in [-0.2, -0.15) is 0 Å². The van der Waals surface area contributed by atoms with E-state index in [-0.39, 0.29) is 11.6 Å². The fourth-order valence-corrected chi connectivity index (χ4v) is 2.71. The number of hydrogen-bond acceptors (Lipinski definition) is 4. The molecule has 0 radical (unpaired) electrons. The van der Waals surface area contributed by atoms with Crippen molar-refractivity contribution in [1.29, 1.82) is 0 Å². The first kappa shape index (κ1) is 15.3. The van der Waals surface area contributed by atoms with Gasteiger partial charge in [0, 0.05) is 31.3 Å². The highest BCUT2D eigenvalue weighted by Crippen LogP contribution is 2.27. The van der Waals surface area contributed by atoms with Crippen LogP contribution in [0.15, 0.2) is 18.2 Å². The Morgan fingerprint density at radius 3 is 2.90 bits per heavy atom. The summed E-state index contributed by atoms with van der Waals surface area (Å²) in [5.74, 6) is 0.367. The molecule has 0 aromatic heterocycles. The van der Waals surface area contributed by atoms with E-state index in [1.54, 1.807) is 17.0 Å². The molecule has 1 fully saturated rings. The van der Waals surface area contributed by atoms with Crippen LogP contribution in [0.4, 0.5) is 11.4 Å². The predicted octanol–water partition coefficient (Wildman–Crippen LogP) is 2.90. The molecule has 6 heteroatoms. The smallest absolute Gasteiger partial charge is 0.293 e. The molecule has 114 valence electrons. The fraction of sp³-hybridized carbons (Fsp3) is 0.533. The Morgan fingerprint density at radius 2 is 2.29 bits per heavy atom. The molecule has 1 unspecified atom stereocenters. The summed E-state index contributed by atoms with van der Waals surface area (Å²) >= 11 is 0. The van der Waals surface area contributed by atoms with Crippen LogP contribution in [-0.2, 0) is 0 Å². The molecule has 0 saturated carbocycles. The molecule has 1 saturated heterocycles. The molecular formula is C15H21N3O3. The minimum atomic E-state index is -0.451. The van der Waals surface area contributed by atoms with E-state index >= 15 is 0 Å². The molecule has 1 aliphatic heterocycles. The zero-order valence-corrected chi connectivity index (χ0v) is 12.5. The Labute approximate surface area is 124 Å². The van der Waals surface area contributed by atoms with Crippen molar-refractivity contribution < 1.29 is 9.72 Å². The third-order valence-electron chi connectivity index (χ3n) is 3.75. The van der Waals surface area contributed by atoms with E-state index in [4.69, 9.17) is 0 Å². The first-order valence-electron chi connectivity index (χ1n) is 7.34. The van der Waals surface area contributed by atoms with Gasteiger partial charge in [0.25, 0.3) is 11.6 Å². The number of benzene rings is 1. The summed E-state index contributed by atoms with van der Waals surface area (Å²) < 4.78 is 0. The average Bonchev–Trinajstić information content (AvgIpc) is 2.47. The van der Waals surface area contributed by atoms with Gasteiger partial charge < -0.3 is 10.2 Å². The number of carbonyl (C=O) groups excluding carboxylic acids is 1. The molecule has 1 aromatic rings. The van der Waals surface area contributed by atoms with Crippen LogP contribution < -0.4 is 5.32 Å². The summed E-state index contributed by atoms with van der Waals surface area (Å²) in [7, 11) is 0. The van der Waals surface area contributed by atoms with Gasteiger partial charge in [-0.1, -0.05) is 6.92 Å². The number of rotatable bonds is 4. The second kappa shape index (κ2) is 6.56. The zero-order chi connectivity index (χ0) is 15.4. The summed E-state index contributed by atoms with van der Waals surface area (Å²) in [6.45, 7) is 6.04. The Hall–Kier alpha value is -2.11. The quantitative estimate of drug-likeness (QED) is 0.683. The average molecular weight is 291 g/mol. The van der Waals surface area contributed by atoms with Crippen molar-refractivity contribution >= 4 is 17.3 Å². The Bertz CT molecular complexity index is 545. The number of likely N-dealkylation sites (tertiary alicyclic amines) is 1. The molecular weight excluding hydrogens is 270 g/mol. The second-order valence-electron chi connectivity index (χ2n) is 5.52. The van der Waals surface area contributed by atoms with Crippen molar-refractivity contribution in [3.8, 4) is 0 Å². The molecule has 0 spiro atoms. The second-order valence-corrected chi connectivity index (χ2v) is 5.52. The largest absolute Gasteiger partial charge is 0.380 e. The topological polar surface area (TPSA) is 75.5 Å². The van der Waals surface area contributed by atoms with Crippen LogP contribution in [0.2, 0.25) is 0 Å². The Balaban J connectivity index is 2.25. The van der Waals surface area contributed by atoms with Gasteiger partial charge >= 0.3 is 0 Å². The van der Waals surface area contributed by atoms with Crippen LogP contribution in [-0.4, -0.2) is 35.4 Å². The number of hydrogen-bond donors (Lipinski definition) is 1. The summed E-state index contributed by atoms with van der Waals surface area (Å²) in [5.41, 5.74) is 0.788. The van der Waals surface area contributed by atoms with Crippen LogP contribution in [0.3, 0.4) is 0 Å². The number of carbonyl (C=O) groups is 1. The maximum Gasteiger partial charge on any atom is 0.293 e. The summed E-state index contributed by atoms with van der Waals surface area (Å²) in [5, 5.41) is 14.1. The molecule has 0 bridgehead atoms. The van der Waals surface area contributed by atoms with Gasteiger partial charge in [0.1, 0.15) is 5.69 Å². The molecule has 21 heavy (non-hydrogen) atoms.